The normalized spacial score (nSPS) is 23.5. The van der Waals surface area contributed by atoms with E-state index in [-0.39, 0.29) is 11.9 Å². The van der Waals surface area contributed by atoms with Gasteiger partial charge in [-0.05, 0) is 32.2 Å². The molecule has 0 aliphatic carbocycles. The first kappa shape index (κ1) is 13.9. The Morgan fingerprint density at radius 3 is 2.81 bits per heavy atom. The van der Waals surface area contributed by atoms with Crippen LogP contribution in [0, 0.1) is 0 Å². The Morgan fingerprint density at radius 2 is 2.19 bits per heavy atom. The fourth-order valence-corrected chi connectivity index (χ4v) is 3.54. The van der Waals surface area contributed by atoms with Crippen LogP contribution in [0.25, 0.3) is 0 Å². The van der Waals surface area contributed by atoms with Crippen molar-refractivity contribution in [3.63, 3.8) is 0 Å². The number of hydrogen-bond donors (Lipinski definition) is 1. The fraction of sp³-hybridized carbons (Fsp3) is 1.00. The molecule has 1 aliphatic heterocycles. The molecule has 0 bridgehead atoms. The van der Waals surface area contributed by atoms with Crippen LogP contribution in [0.2, 0.25) is 0 Å². The van der Waals surface area contributed by atoms with E-state index in [1.165, 1.54) is 0 Å². The molecule has 96 valence electrons. The topological polar surface area (TPSA) is 72.6 Å². The van der Waals surface area contributed by atoms with Crippen molar-refractivity contribution in [3.05, 3.63) is 0 Å². The summed E-state index contributed by atoms with van der Waals surface area (Å²) in [4.78, 5) is 0. The lowest BCUT2D eigenvalue weighted by molar-refractivity contribution is 0.0572. The average molecular weight is 250 g/mol. The first-order chi connectivity index (χ1) is 7.60. The van der Waals surface area contributed by atoms with Crippen LogP contribution in [0.4, 0.5) is 0 Å². The molecule has 1 atom stereocenters. The van der Waals surface area contributed by atoms with Crippen molar-refractivity contribution in [2.45, 2.75) is 31.8 Å². The molecule has 0 aromatic rings. The van der Waals surface area contributed by atoms with Gasteiger partial charge in [0.25, 0.3) is 0 Å². The molecule has 1 saturated heterocycles. The van der Waals surface area contributed by atoms with Gasteiger partial charge in [-0.3, -0.25) is 0 Å². The minimum atomic E-state index is -3.10. The Hall–Kier alpha value is -0.170. The van der Waals surface area contributed by atoms with Gasteiger partial charge in [0.1, 0.15) is 0 Å². The molecule has 1 unspecified atom stereocenters. The monoisotopic (exact) mass is 250 g/mol. The molecule has 0 radical (unpaired) electrons. The molecule has 0 spiro atoms. The summed E-state index contributed by atoms with van der Waals surface area (Å²) in [5.41, 5.74) is 5.35. The molecule has 1 heterocycles. The van der Waals surface area contributed by atoms with E-state index in [2.05, 4.69) is 0 Å². The number of methoxy groups -OCH3 is 1. The van der Waals surface area contributed by atoms with Crippen LogP contribution >= 0.6 is 0 Å². The summed E-state index contributed by atoms with van der Waals surface area (Å²) >= 11 is 0. The summed E-state index contributed by atoms with van der Waals surface area (Å²) in [6.07, 6.45) is 3.30. The van der Waals surface area contributed by atoms with Gasteiger partial charge in [-0.25, -0.2) is 8.42 Å². The number of nitrogens with two attached hydrogens (primary N) is 1. The average Bonchev–Trinajstić information content (AvgIpc) is 2.29. The summed E-state index contributed by atoms with van der Waals surface area (Å²) in [6, 6.07) is 0. The van der Waals surface area contributed by atoms with Gasteiger partial charge < -0.3 is 10.5 Å². The second-order valence-electron chi connectivity index (χ2n) is 4.17. The van der Waals surface area contributed by atoms with E-state index in [1.807, 2.05) is 0 Å². The number of hydrogen-bond acceptors (Lipinski definition) is 4. The van der Waals surface area contributed by atoms with Crippen molar-refractivity contribution >= 4 is 10.0 Å². The quantitative estimate of drug-likeness (QED) is 0.682. The molecule has 1 rings (SSSR count). The van der Waals surface area contributed by atoms with E-state index in [4.69, 9.17) is 10.5 Å². The highest BCUT2D eigenvalue weighted by molar-refractivity contribution is 7.89. The Morgan fingerprint density at radius 1 is 1.44 bits per heavy atom. The number of unbranched alkanes of at least 4 members (excludes halogenated alkanes) is 1. The molecular weight excluding hydrogens is 228 g/mol. The van der Waals surface area contributed by atoms with Gasteiger partial charge in [-0.15, -0.1) is 0 Å². The number of rotatable bonds is 6. The van der Waals surface area contributed by atoms with Crippen LogP contribution in [0.15, 0.2) is 0 Å². The second-order valence-corrected chi connectivity index (χ2v) is 6.26. The smallest absolute Gasteiger partial charge is 0.214 e. The molecular formula is C10H22N2O3S. The lowest BCUT2D eigenvalue weighted by Crippen LogP contribution is -2.43. The van der Waals surface area contributed by atoms with Crippen LogP contribution in [0.5, 0.6) is 0 Å². The second kappa shape index (κ2) is 6.54. The predicted octanol–water partition coefficient (Wildman–Crippen LogP) is 0.166. The van der Waals surface area contributed by atoms with Crippen molar-refractivity contribution in [2.75, 3.05) is 32.5 Å². The zero-order chi connectivity index (χ0) is 12.0. The Balaban J connectivity index is 2.47. The third-order valence-electron chi connectivity index (χ3n) is 2.92. The van der Waals surface area contributed by atoms with Crippen LogP contribution in [-0.2, 0) is 14.8 Å². The molecule has 16 heavy (non-hydrogen) atoms. The largest absolute Gasteiger partial charge is 0.380 e. The minimum absolute atomic E-state index is 0.0537. The molecule has 6 heteroatoms. The van der Waals surface area contributed by atoms with E-state index in [0.29, 0.717) is 26.1 Å². The summed E-state index contributed by atoms with van der Waals surface area (Å²) in [7, 11) is -1.47. The SMILES string of the molecule is COC1CCCN(S(=O)(=O)CCCCN)C1. The minimum Gasteiger partial charge on any atom is -0.380 e. The zero-order valence-electron chi connectivity index (χ0n) is 9.89. The highest BCUT2D eigenvalue weighted by Crippen LogP contribution is 2.16. The van der Waals surface area contributed by atoms with Gasteiger partial charge in [0.05, 0.1) is 11.9 Å². The third-order valence-corrected chi connectivity index (χ3v) is 4.85. The molecule has 0 aromatic carbocycles. The molecule has 0 saturated carbocycles. The van der Waals surface area contributed by atoms with Crippen LogP contribution in [0.3, 0.4) is 0 Å². The first-order valence-electron chi connectivity index (χ1n) is 5.81. The van der Waals surface area contributed by atoms with Gasteiger partial charge in [-0.1, -0.05) is 0 Å². The highest BCUT2D eigenvalue weighted by atomic mass is 32.2. The lowest BCUT2D eigenvalue weighted by atomic mass is 10.1. The van der Waals surface area contributed by atoms with E-state index < -0.39 is 10.0 Å². The maximum absolute atomic E-state index is 12.0. The van der Waals surface area contributed by atoms with Crippen molar-refractivity contribution < 1.29 is 13.2 Å². The number of ether oxygens (including phenoxy) is 1. The van der Waals surface area contributed by atoms with E-state index in [0.717, 1.165) is 19.3 Å². The van der Waals surface area contributed by atoms with Crippen LogP contribution in [0.1, 0.15) is 25.7 Å². The lowest BCUT2D eigenvalue weighted by Gasteiger charge is -2.31. The molecule has 1 aliphatic rings. The van der Waals surface area contributed by atoms with Crippen molar-refractivity contribution in [2.24, 2.45) is 5.73 Å². The van der Waals surface area contributed by atoms with E-state index >= 15 is 0 Å². The van der Waals surface area contributed by atoms with Crippen molar-refractivity contribution in [1.82, 2.24) is 4.31 Å². The van der Waals surface area contributed by atoms with Crippen molar-refractivity contribution in [3.8, 4) is 0 Å². The first-order valence-corrected chi connectivity index (χ1v) is 7.41. The Bertz CT molecular complexity index is 292. The third kappa shape index (κ3) is 4.01. The summed E-state index contributed by atoms with van der Waals surface area (Å²) in [5, 5.41) is 0. The standard InChI is InChI=1S/C10H22N2O3S/c1-15-10-5-4-7-12(9-10)16(13,14)8-3-2-6-11/h10H,2-9,11H2,1H3. The zero-order valence-corrected chi connectivity index (χ0v) is 10.7. The summed E-state index contributed by atoms with van der Waals surface area (Å²) in [6.45, 7) is 1.68. The Kier molecular flexibility index (Phi) is 5.68. The molecule has 1 fully saturated rings. The Labute approximate surface area is 98.0 Å². The summed E-state index contributed by atoms with van der Waals surface area (Å²) < 4.78 is 30.7. The molecule has 5 nitrogen and oxygen atoms in total. The number of nitrogens with zero attached hydrogens (tertiary/aromatic N) is 1. The van der Waals surface area contributed by atoms with Gasteiger partial charge in [0, 0.05) is 20.2 Å². The van der Waals surface area contributed by atoms with Gasteiger partial charge in [0.2, 0.25) is 10.0 Å². The van der Waals surface area contributed by atoms with Gasteiger partial charge in [0.15, 0.2) is 0 Å². The maximum atomic E-state index is 12.0. The van der Waals surface area contributed by atoms with Crippen molar-refractivity contribution in [1.29, 1.82) is 0 Å². The van der Waals surface area contributed by atoms with Crippen LogP contribution < -0.4 is 5.73 Å². The van der Waals surface area contributed by atoms with Gasteiger partial charge >= 0.3 is 0 Å². The highest BCUT2D eigenvalue weighted by Gasteiger charge is 2.28. The fourth-order valence-electron chi connectivity index (χ4n) is 1.91. The van der Waals surface area contributed by atoms with Crippen LogP contribution in [-0.4, -0.2) is 51.3 Å². The summed E-state index contributed by atoms with van der Waals surface area (Å²) in [5.74, 6) is 0.209. The molecule has 0 aromatic heterocycles. The van der Waals surface area contributed by atoms with Gasteiger partial charge in [-0.2, -0.15) is 4.31 Å². The molecule has 2 N–H and O–H groups in total. The number of piperidine rings is 1. The van der Waals surface area contributed by atoms with E-state index in [1.54, 1.807) is 11.4 Å². The maximum Gasteiger partial charge on any atom is 0.214 e. The molecule has 0 amide bonds. The predicted molar refractivity (Wildman–Crippen MR) is 63.7 cm³/mol. The number of sulfonamides is 1. The van der Waals surface area contributed by atoms with E-state index in [9.17, 15) is 8.42 Å².